The van der Waals surface area contributed by atoms with Crippen molar-refractivity contribution in [3.8, 4) is 0 Å². The van der Waals surface area contributed by atoms with Crippen LogP contribution in [-0.2, 0) is 29.4 Å². The maximum absolute atomic E-state index is 13.3. The molecule has 5 rings (SSSR count). The molecule has 2 aliphatic rings. The van der Waals surface area contributed by atoms with E-state index in [0.29, 0.717) is 23.3 Å². The molecule has 35 heavy (non-hydrogen) atoms. The first-order chi connectivity index (χ1) is 16.3. The van der Waals surface area contributed by atoms with Gasteiger partial charge < -0.3 is 0 Å². The van der Waals surface area contributed by atoms with Gasteiger partial charge in [-0.05, 0) is 62.6 Å². The van der Waals surface area contributed by atoms with Gasteiger partial charge in [-0.1, -0.05) is 18.2 Å². The zero-order valence-electron chi connectivity index (χ0n) is 19.7. The van der Waals surface area contributed by atoms with Crippen LogP contribution in [0.1, 0.15) is 46.8 Å². The predicted molar refractivity (Wildman–Crippen MR) is 142 cm³/mol. The van der Waals surface area contributed by atoms with Crippen molar-refractivity contribution in [2.45, 2.75) is 50.6 Å². The third-order valence-corrected chi connectivity index (χ3v) is 9.31. The highest BCUT2D eigenvalue weighted by atomic mass is 35.5. The summed E-state index contributed by atoms with van der Waals surface area (Å²) in [5.41, 5.74) is 3.23. The lowest BCUT2D eigenvalue weighted by Crippen LogP contribution is -2.35. The lowest BCUT2D eigenvalue weighted by atomic mass is 10.0. The monoisotopic (exact) mass is 532 g/mol. The number of halogens is 1. The molecule has 2 aromatic carbocycles. The van der Waals surface area contributed by atoms with Gasteiger partial charge in [0.05, 0.1) is 16.3 Å². The molecule has 2 aliphatic heterocycles. The number of thiazole rings is 1. The number of aryl methyl sites for hydroxylation is 1. The maximum Gasteiger partial charge on any atom is 0.264 e. The van der Waals surface area contributed by atoms with E-state index in [1.807, 2.05) is 24.3 Å². The van der Waals surface area contributed by atoms with Crippen molar-refractivity contribution in [1.29, 1.82) is 0 Å². The highest BCUT2D eigenvalue weighted by Gasteiger charge is 2.29. The molecule has 1 amide bonds. The van der Waals surface area contributed by atoms with Gasteiger partial charge in [0.15, 0.2) is 5.13 Å². The number of amides is 1. The first kappa shape index (κ1) is 25.6. The topological polar surface area (TPSA) is 82.6 Å². The number of anilines is 2. The van der Waals surface area contributed by atoms with E-state index in [1.54, 1.807) is 12.1 Å². The maximum atomic E-state index is 13.3. The predicted octanol–water partition coefficient (Wildman–Crippen LogP) is 4.73. The summed E-state index contributed by atoms with van der Waals surface area (Å²) in [4.78, 5) is 21.2. The van der Waals surface area contributed by atoms with E-state index >= 15 is 0 Å². The van der Waals surface area contributed by atoms with Gasteiger partial charge in [0.2, 0.25) is 0 Å². The largest absolute Gasteiger partial charge is 0.298 e. The Morgan fingerprint density at radius 3 is 2.54 bits per heavy atom. The van der Waals surface area contributed by atoms with Crippen LogP contribution >= 0.6 is 23.7 Å². The zero-order chi connectivity index (χ0) is 23.9. The number of carbonyl (C=O) groups is 1. The number of aromatic nitrogens is 1. The summed E-state index contributed by atoms with van der Waals surface area (Å²) >= 11 is 1.51. The number of fused-ring (bicyclic) bond motifs is 2. The third kappa shape index (κ3) is 5.09. The summed E-state index contributed by atoms with van der Waals surface area (Å²) < 4.78 is 28.1. The Balaban J connectivity index is 0.00000289. The molecule has 1 N–H and O–H groups in total. The van der Waals surface area contributed by atoms with Crippen molar-refractivity contribution in [3.63, 3.8) is 0 Å². The minimum Gasteiger partial charge on any atom is -0.298 e. The van der Waals surface area contributed by atoms with Crippen molar-refractivity contribution in [2.24, 2.45) is 0 Å². The molecule has 0 fully saturated rings. The number of nitrogens with one attached hydrogen (secondary N) is 1. The van der Waals surface area contributed by atoms with Gasteiger partial charge >= 0.3 is 0 Å². The molecule has 3 heterocycles. The molecular weight excluding hydrogens is 504 g/mol. The summed E-state index contributed by atoms with van der Waals surface area (Å²) in [6.07, 6.45) is 2.53. The third-order valence-electron chi connectivity index (χ3n) is 6.48. The van der Waals surface area contributed by atoms with E-state index < -0.39 is 10.0 Å². The van der Waals surface area contributed by atoms with Gasteiger partial charge in [0.25, 0.3) is 15.9 Å². The Labute approximate surface area is 216 Å². The fraction of sp³-hybridized carbons (Fsp3) is 0.360. The summed E-state index contributed by atoms with van der Waals surface area (Å²) in [7, 11) is -3.70. The Morgan fingerprint density at radius 1 is 1.06 bits per heavy atom. The molecule has 7 nitrogen and oxygen atoms in total. The molecule has 1 aromatic heterocycles. The van der Waals surface area contributed by atoms with Crippen LogP contribution in [0, 0.1) is 0 Å². The first-order valence-corrected chi connectivity index (χ1v) is 13.8. The standard InChI is InChI=1S/C25H28N4O3S2.ClH/c1-17(2)28-15-13-21-23(16-28)33-25(26-21)27-24(30)19-9-11-20(12-10-19)34(31,32)29-14-5-7-18-6-3-4-8-22(18)29;/h3-4,6,8-12,17H,5,7,13-16H2,1-2H3,(H,26,27,30);1H. The quantitative estimate of drug-likeness (QED) is 0.514. The van der Waals surface area contributed by atoms with Crippen molar-refractivity contribution < 1.29 is 13.2 Å². The molecular formula is C25H29ClN4O3S2. The highest BCUT2D eigenvalue weighted by molar-refractivity contribution is 7.92. The average Bonchev–Trinajstić information content (AvgIpc) is 3.25. The molecule has 0 unspecified atom stereocenters. The second-order valence-electron chi connectivity index (χ2n) is 8.99. The minimum absolute atomic E-state index is 0. The van der Waals surface area contributed by atoms with Crippen LogP contribution in [0.3, 0.4) is 0 Å². The van der Waals surface area contributed by atoms with E-state index in [2.05, 4.69) is 29.0 Å². The molecule has 0 radical (unpaired) electrons. The van der Waals surface area contributed by atoms with Crippen molar-refractivity contribution in [1.82, 2.24) is 9.88 Å². The van der Waals surface area contributed by atoms with Gasteiger partial charge in [0, 0.05) is 42.5 Å². The summed E-state index contributed by atoms with van der Waals surface area (Å²) in [5, 5.41) is 3.47. The first-order valence-electron chi connectivity index (χ1n) is 11.6. The fourth-order valence-corrected chi connectivity index (χ4v) is 7.10. The van der Waals surface area contributed by atoms with Crippen LogP contribution in [0.5, 0.6) is 0 Å². The van der Waals surface area contributed by atoms with Crippen LogP contribution < -0.4 is 9.62 Å². The van der Waals surface area contributed by atoms with Crippen molar-refractivity contribution in [2.75, 3.05) is 22.7 Å². The smallest absolute Gasteiger partial charge is 0.264 e. The van der Waals surface area contributed by atoms with Crippen LogP contribution in [0.4, 0.5) is 10.8 Å². The lowest BCUT2D eigenvalue weighted by molar-refractivity contribution is 0.102. The second kappa shape index (κ2) is 10.3. The molecule has 0 spiro atoms. The average molecular weight is 533 g/mol. The van der Waals surface area contributed by atoms with Gasteiger partial charge in [-0.3, -0.25) is 19.3 Å². The summed E-state index contributed by atoms with van der Waals surface area (Å²) in [6.45, 7) is 6.64. The van der Waals surface area contributed by atoms with E-state index in [-0.39, 0.29) is 23.2 Å². The molecule has 0 atom stereocenters. The zero-order valence-corrected chi connectivity index (χ0v) is 22.2. The number of benzene rings is 2. The van der Waals surface area contributed by atoms with Crippen LogP contribution in [0.15, 0.2) is 53.4 Å². The Kier molecular flexibility index (Phi) is 7.51. The van der Waals surface area contributed by atoms with E-state index in [4.69, 9.17) is 0 Å². The number of rotatable bonds is 5. The molecule has 0 bridgehead atoms. The van der Waals surface area contributed by atoms with Crippen LogP contribution in [-0.4, -0.2) is 43.3 Å². The van der Waals surface area contributed by atoms with Gasteiger partial charge in [-0.25, -0.2) is 13.4 Å². The van der Waals surface area contributed by atoms with Gasteiger partial charge in [-0.15, -0.1) is 23.7 Å². The number of sulfonamides is 1. The molecule has 0 saturated heterocycles. The van der Waals surface area contributed by atoms with Gasteiger partial charge in [0.1, 0.15) is 0 Å². The Hall–Kier alpha value is -2.46. The van der Waals surface area contributed by atoms with Crippen molar-refractivity contribution >= 4 is 50.5 Å². The fourth-order valence-electron chi connectivity index (χ4n) is 4.53. The van der Waals surface area contributed by atoms with Crippen LogP contribution in [0.25, 0.3) is 0 Å². The Morgan fingerprint density at radius 2 is 1.80 bits per heavy atom. The molecule has 0 saturated carbocycles. The molecule has 186 valence electrons. The van der Waals surface area contributed by atoms with E-state index in [9.17, 15) is 13.2 Å². The van der Waals surface area contributed by atoms with E-state index in [0.717, 1.165) is 49.3 Å². The number of hydrogen-bond donors (Lipinski definition) is 1. The summed E-state index contributed by atoms with van der Waals surface area (Å²) in [6, 6.07) is 14.2. The lowest BCUT2D eigenvalue weighted by Gasteiger charge is -2.30. The number of nitrogens with zero attached hydrogens (tertiary/aromatic N) is 3. The van der Waals surface area contributed by atoms with Gasteiger partial charge in [-0.2, -0.15) is 0 Å². The normalized spacial score (nSPS) is 15.8. The molecule has 3 aromatic rings. The molecule has 10 heteroatoms. The second-order valence-corrected chi connectivity index (χ2v) is 11.9. The Bertz CT molecular complexity index is 1320. The van der Waals surface area contributed by atoms with Crippen LogP contribution in [0.2, 0.25) is 0 Å². The SMILES string of the molecule is CC(C)N1CCc2nc(NC(=O)c3ccc(S(=O)(=O)N4CCCc5ccccc54)cc3)sc2C1.Cl. The number of hydrogen-bond acceptors (Lipinski definition) is 6. The minimum atomic E-state index is -3.70. The summed E-state index contributed by atoms with van der Waals surface area (Å²) in [5.74, 6) is -0.293. The number of para-hydroxylation sites is 1. The van der Waals surface area contributed by atoms with Crippen molar-refractivity contribution in [3.05, 3.63) is 70.2 Å². The number of carbonyl (C=O) groups excluding carboxylic acids is 1. The van der Waals surface area contributed by atoms with E-state index in [1.165, 1.54) is 32.7 Å². The molecule has 0 aliphatic carbocycles. The highest BCUT2D eigenvalue weighted by Crippen LogP contribution is 2.32.